The van der Waals surface area contributed by atoms with Gasteiger partial charge in [-0.15, -0.1) is 0 Å². The number of rotatable bonds is 14. The van der Waals surface area contributed by atoms with Crippen molar-refractivity contribution in [3.8, 4) is 6.07 Å². The number of nitrogens with two attached hydrogens (primary N) is 2. The number of nitrogens with zero attached hydrogens (tertiary/aromatic N) is 3. The molecule has 3 unspecified atom stereocenters. The molecular weight excluding hydrogens is 546 g/mol. The lowest BCUT2D eigenvalue weighted by molar-refractivity contribution is -0.130. The lowest BCUT2D eigenvalue weighted by Crippen LogP contribution is -2.49. The van der Waals surface area contributed by atoms with Crippen LogP contribution in [0, 0.1) is 23.2 Å². The summed E-state index contributed by atoms with van der Waals surface area (Å²) in [5.41, 5.74) is 10.3. The van der Waals surface area contributed by atoms with Crippen molar-refractivity contribution in [3.05, 3.63) is 70.8 Å². The standard InChI is InChI=1S/C31H43N9O3/c1-6-25-20(3)27(25)40(16-15-32)26(41)18-37-19(2)17-31(30(33)38-39-34,23-11-7-21(8-12-23)28(42)35-4)24-13-9-22(10-14-24)29(43)36-5/h7-14,19-20,25,27,37,39H,6,16-18,34H2,1-5H3,(H2,33,38)(H,35,42)(H,36,43)/t19-,20?,25?,27?/m1/s1. The predicted octanol–water partition coefficient (Wildman–Crippen LogP) is 1.19. The van der Waals surface area contributed by atoms with E-state index >= 15 is 0 Å². The Morgan fingerprint density at radius 2 is 1.53 bits per heavy atom. The lowest BCUT2D eigenvalue weighted by Gasteiger charge is -2.37. The van der Waals surface area contributed by atoms with Crippen molar-refractivity contribution in [3.63, 3.8) is 0 Å². The van der Waals surface area contributed by atoms with Gasteiger partial charge in [0.05, 0.1) is 18.0 Å². The molecule has 1 aliphatic rings. The molecule has 8 N–H and O–H groups in total. The molecule has 3 amide bonds. The Labute approximate surface area is 253 Å². The number of hydrogen-bond donors (Lipinski definition) is 6. The average Bonchev–Trinajstić information content (AvgIpc) is 3.69. The first-order valence-electron chi connectivity index (χ1n) is 14.4. The summed E-state index contributed by atoms with van der Waals surface area (Å²) in [5, 5.41) is 22.1. The van der Waals surface area contributed by atoms with Crippen LogP contribution in [-0.4, -0.2) is 67.7 Å². The van der Waals surface area contributed by atoms with E-state index in [0.717, 1.165) is 17.5 Å². The van der Waals surface area contributed by atoms with Crippen LogP contribution in [0.4, 0.5) is 0 Å². The summed E-state index contributed by atoms with van der Waals surface area (Å²) in [6.07, 6.45) is 1.30. The third kappa shape index (κ3) is 7.13. The average molecular weight is 590 g/mol. The monoisotopic (exact) mass is 589 g/mol. The second-order valence-electron chi connectivity index (χ2n) is 10.9. The van der Waals surface area contributed by atoms with E-state index in [2.05, 4.69) is 46.5 Å². The Balaban J connectivity index is 2.00. The van der Waals surface area contributed by atoms with Gasteiger partial charge in [-0.05, 0) is 60.6 Å². The van der Waals surface area contributed by atoms with Crippen LogP contribution in [-0.2, 0) is 10.2 Å². The van der Waals surface area contributed by atoms with E-state index in [1.54, 1.807) is 43.3 Å². The highest BCUT2D eigenvalue weighted by atomic mass is 16.2. The first-order chi connectivity index (χ1) is 20.6. The van der Waals surface area contributed by atoms with Gasteiger partial charge in [0.1, 0.15) is 12.4 Å². The largest absolute Gasteiger partial charge is 0.385 e. The molecule has 0 spiro atoms. The summed E-state index contributed by atoms with van der Waals surface area (Å²) in [6.45, 7) is 6.23. The topological polar surface area (TPSA) is 191 Å². The molecule has 2 aromatic rings. The number of carbonyl (C=O) groups excluding carboxylic acids is 3. The summed E-state index contributed by atoms with van der Waals surface area (Å²) < 4.78 is 0. The number of hydrazine groups is 1. The van der Waals surface area contributed by atoms with Gasteiger partial charge < -0.3 is 26.6 Å². The van der Waals surface area contributed by atoms with Gasteiger partial charge in [-0.25, -0.2) is 11.4 Å². The first-order valence-corrected chi connectivity index (χ1v) is 14.4. The molecule has 1 fully saturated rings. The second-order valence-corrected chi connectivity index (χ2v) is 10.9. The molecule has 0 heterocycles. The van der Waals surface area contributed by atoms with E-state index in [9.17, 15) is 19.6 Å². The third-order valence-corrected chi connectivity index (χ3v) is 8.47. The van der Waals surface area contributed by atoms with E-state index in [1.807, 2.05) is 31.2 Å². The number of nitriles is 1. The summed E-state index contributed by atoms with van der Waals surface area (Å²) in [6, 6.07) is 16.0. The van der Waals surface area contributed by atoms with Gasteiger partial charge in [0, 0.05) is 37.3 Å². The van der Waals surface area contributed by atoms with Crippen LogP contribution < -0.4 is 33.1 Å². The van der Waals surface area contributed by atoms with Crippen LogP contribution >= 0.6 is 0 Å². The highest BCUT2D eigenvalue weighted by molar-refractivity contribution is 5.98. The number of amidine groups is 1. The minimum atomic E-state index is -1.07. The smallest absolute Gasteiger partial charge is 0.251 e. The molecule has 3 rings (SSSR count). The number of carbonyl (C=O) groups is 3. The van der Waals surface area contributed by atoms with Crippen LogP contribution in [0.3, 0.4) is 0 Å². The van der Waals surface area contributed by atoms with E-state index in [0.29, 0.717) is 29.4 Å². The molecule has 0 aliphatic heterocycles. The van der Waals surface area contributed by atoms with E-state index in [1.165, 1.54) is 0 Å². The van der Waals surface area contributed by atoms with Crippen LogP contribution in [0.2, 0.25) is 0 Å². The number of amides is 3. The van der Waals surface area contributed by atoms with Crippen molar-refractivity contribution in [2.45, 2.75) is 51.1 Å². The Kier molecular flexibility index (Phi) is 11.2. The van der Waals surface area contributed by atoms with E-state index in [-0.39, 0.29) is 48.7 Å². The zero-order valence-electron chi connectivity index (χ0n) is 25.5. The number of hydrazone groups is 1. The molecule has 1 aliphatic carbocycles. The highest BCUT2D eigenvalue weighted by Gasteiger charge is 2.50. The van der Waals surface area contributed by atoms with E-state index < -0.39 is 5.41 Å². The molecule has 1 saturated carbocycles. The molecule has 12 nitrogen and oxygen atoms in total. The third-order valence-electron chi connectivity index (χ3n) is 8.47. The molecule has 0 saturated heterocycles. The fourth-order valence-corrected chi connectivity index (χ4v) is 6.05. The van der Waals surface area contributed by atoms with Gasteiger partial charge in [0.25, 0.3) is 11.8 Å². The molecule has 12 heteroatoms. The van der Waals surface area contributed by atoms with Crippen molar-refractivity contribution < 1.29 is 14.4 Å². The quantitative estimate of drug-likeness (QED) is 0.0622. The van der Waals surface area contributed by atoms with Gasteiger partial charge in [0.15, 0.2) is 0 Å². The summed E-state index contributed by atoms with van der Waals surface area (Å²) >= 11 is 0. The molecule has 0 radical (unpaired) electrons. The van der Waals surface area contributed by atoms with Gasteiger partial charge in [-0.2, -0.15) is 10.4 Å². The molecule has 4 atom stereocenters. The molecule has 230 valence electrons. The zero-order chi connectivity index (χ0) is 31.7. The molecule has 0 bridgehead atoms. The minimum absolute atomic E-state index is 0.0377. The number of hydrogen-bond acceptors (Lipinski definition) is 8. The fourth-order valence-electron chi connectivity index (χ4n) is 6.05. The normalized spacial score (nSPS) is 18.6. The predicted molar refractivity (Wildman–Crippen MR) is 166 cm³/mol. The molecular formula is C31H43N9O3. The van der Waals surface area contributed by atoms with Crippen LogP contribution in [0.25, 0.3) is 0 Å². The summed E-state index contributed by atoms with van der Waals surface area (Å²) in [4.78, 5) is 39.5. The zero-order valence-corrected chi connectivity index (χ0v) is 25.5. The van der Waals surface area contributed by atoms with Gasteiger partial charge in [-0.3, -0.25) is 14.4 Å². The molecule has 43 heavy (non-hydrogen) atoms. The highest BCUT2D eigenvalue weighted by Crippen LogP contribution is 2.45. The molecule has 0 aromatic heterocycles. The Hall–Kier alpha value is -4.47. The van der Waals surface area contributed by atoms with Crippen LogP contribution in [0.15, 0.2) is 53.6 Å². The number of benzene rings is 2. The Bertz CT molecular complexity index is 1290. The van der Waals surface area contributed by atoms with Crippen molar-refractivity contribution >= 4 is 23.6 Å². The van der Waals surface area contributed by atoms with Gasteiger partial charge in [0.2, 0.25) is 5.91 Å². The van der Waals surface area contributed by atoms with Crippen molar-refractivity contribution in [1.82, 2.24) is 26.4 Å². The van der Waals surface area contributed by atoms with Gasteiger partial charge >= 0.3 is 0 Å². The first kappa shape index (κ1) is 33.0. The minimum Gasteiger partial charge on any atom is -0.385 e. The van der Waals surface area contributed by atoms with Crippen LogP contribution in [0.5, 0.6) is 0 Å². The van der Waals surface area contributed by atoms with Crippen LogP contribution in [0.1, 0.15) is 65.5 Å². The lowest BCUT2D eigenvalue weighted by atomic mass is 9.69. The second kappa shape index (κ2) is 14.6. The van der Waals surface area contributed by atoms with Gasteiger partial charge in [-0.1, -0.05) is 44.5 Å². The summed E-state index contributed by atoms with van der Waals surface area (Å²) in [7, 11) is 3.12. The fraction of sp³-hybridized carbons (Fsp3) is 0.452. The Morgan fingerprint density at radius 1 is 1.02 bits per heavy atom. The molecule has 2 aromatic carbocycles. The van der Waals surface area contributed by atoms with Crippen molar-refractivity contribution in [2.24, 2.45) is 28.5 Å². The van der Waals surface area contributed by atoms with E-state index in [4.69, 9.17) is 11.6 Å². The number of nitrogens with one attached hydrogen (secondary N) is 4. The van der Waals surface area contributed by atoms with Crippen molar-refractivity contribution in [1.29, 1.82) is 5.26 Å². The SMILES string of the molecule is CCC1C(C)C1N(CC#N)C(=O)CN[C@H](C)CC(/C(N)=N/NN)(c1ccc(C(=O)NC)cc1)c1ccc(C(=O)NC)cc1. The maximum Gasteiger partial charge on any atom is 0.251 e. The maximum atomic E-state index is 13.3. The van der Waals surface area contributed by atoms with Crippen molar-refractivity contribution in [2.75, 3.05) is 27.2 Å². The summed E-state index contributed by atoms with van der Waals surface area (Å²) in [5.74, 6) is 5.90. The maximum absolute atomic E-state index is 13.3. The Morgan fingerprint density at radius 3 is 1.93 bits per heavy atom.